The zero-order valence-electron chi connectivity index (χ0n) is 8.79. The van der Waals surface area contributed by atoms with Gasteiger partial charge in [-0.05, 0) is 11.1 Å². The van der Waals surface area contributed by atoms with E-state index in [1.807, 2.05) is 24.3 Å². The molecular weight excluding hydrogens is 214 g/mol. The van der Waals surface area contributed by atoms with Gasteiger partial charge in [-0.15, -0.1) is 11.6 Å². The van der Waals surface area contributed by atoms with E-state index in [2.05, 4.69) is 5.32 Å². The Bertz CT molecular complexity index is 341. The molecule has 0 saturated heterocycles. The summed E-state index contributed by atoms with van der Waals surface area (Å²) >= 11 is 5.79. The molecule has 0 radical (unpaired) electrons. The van der Waals surface area contributed by atoms with E-state index in [1.54, 1.807) is 7.05 Å². The fourth-order valence-electron chi connectivity index (χ4n) is 1.42. The predicted molar refractivity (Wildman–Crippen MR) is 59.8 cm³/mol. The van der Waals surface area contributed by atoms with Crippen LogP contribution in [0.5, 0.6) is 0 Å². The minimum Gasteiger partial charge on any atom is -0.367 e. The van der Waals surface area contributed by atoms with Gasteiger partial charge in [0.15, 0.2) is 6.10 Å². The standard InChI is InChI=1S/C11H14ClNO2/c1-13-11(14)10(15-2)9-6-4-3-5-8(9)7-12/h3-6,10H,7H2,1-2H3,(H,13,14). The molecule has 0 aliphatic heterocycles. The highest BCUT2D eigenvalue weighted by molar-refractivity contribution is 6.17. The summed E-state index contributed by atoms with van der Waals surface area (Å²) in [4.78, 5) is 11.5. The molecule has 4 heteroatoms. The molecule has 1 unspecified atom stereocenters. The average molecular weight is 228 g/mol. The summed E-state index contributed by atoms with van der Waals surface area (Å²) in [5.41, 5.74) is 1.73. The van der Waals surface area contributed by atoms with E-state index in [-0.39, 0.29) is 5.91 Å². The minimum absolute atomic E-state index is 0.171. The quantitative estimate of drug-likeness (QED) is 0.798. The number of amides is 1. The monoisotopic (exact) mass is 227 g/mol. The van der Waals surface area contributed by atoms with E-state index < -0.39 is 6.10 Å². The zero-order chi connectivity index (χ0) is 11.3. The van der Waals surface area contributed by atoms with Crippen molar-refractivity contribution in [2.75, 3.05) is 14.2 Å². The molecule has 1 atom stereocenters. The molecule has 3 nitrogen and oxygen atoms in total. The third-order valence-electron chi connectivity index (χ3n) is 2.20. The number of nitrogens with one attached hydrogen (secondary N) is 1. The van der Waals surface area contributed by atoms with Gasteiger partial charge in [0.1, 0.15) is 0 Å². The summed E-state index contributed by atoms with van der Waals surface area (Å²) in [6.45, 7) is 0. The third-order valence-corrected chi connectivity index (χ3v) is 2.49. The molecule has 0 saturated carbocycles. The molecule has 82 valence electrons. The summed E-state index contributed by atoms with van der Waals surface area (Å²) < 4.78 is 5.16. The molecule has 0 heterocycles. The van der Waals surface area contributed by atoms with E-state index in [0.29, 0.717) is 5.88 Å². The van der Waals surface area contributed by atoms with Crippen molar-refractivity contribution in [1.82, 2.24) is 5.32 Å². The summed E-state index contributed by atoms with van der Waals surface area (Å²) in [5, 5.41) is 2.56. The first-order valence-electron chi connectivity index (χ1n) is 4.62. The van der Waals surface area contributed by atoms with Crippen LogP contribution in [0.3, 0.4) is 0 Å². The normalized spacial score (nSPS) is 12.2. The minimum atomic E-state index is -0.593. The van der Waals surface area contributed by atoms with Gasteiger partial charge >= 0.3 is 0 Å². The van der Waals surface area contributed by atoms with E-state index >= 15 is 0 Å². The van der Waals surface area contributed by atoms with E-state index in [0.717, 1.165) is 11.1 Å². The Morgan fingerprint density at radius 1 is 1.53 bits per heavy atom. The second kappa shape index (κ2) is 5.73. The van der Waals surface area contributed by atoms with E-state index in [9.17, 15) is 4.79 Å². The zero-order valence-corrected chi connectivity index (χ0v) is 9.54. The van der Waals surface area contributed by atoms with Crippen LogP contribution < -0.4 is 5.32 Å². The lowest BCUT2D eigenvalue weighted by molar-refractivity contribution is -0.130. The van der Waals surface area contributed by atoms with Crippen molar-refractivity contribution in [1.29, 1.82) is 0 Å². The molecule has 0 fully saturated rings. The van der Waals surface area contributed by atoms with Gasteiger partial charge in [-0.2, -0.15) is 0 Å². The van der Waals surface area contributed by atoms with Crippen molar-refractivity contribution < 1.29 is 9.53 Å². The van der Waals surface area contributed by atoms with Crippen LogP contribution in [0.4, 0.5) is 0 Å². The lowest BCUT2D eigenvalue weighted by atomic mass is 10.0. The molecule has 1 N–H and O–H groups in total. The second-order valence-electron chi connectivity index (χ2n) is 3.06. The van der Waals surface area contributed by atoms with Crippen molar-refractivity contribution >= 4 is 17.5 Å². The maximum atomic E-state index is 11.5. The molecule has 1 aromatic rings. The Morgan fingerprint density at radius 3 is 2.73 bits per heavy atom. The highest BCUT2D eigenvalue weighted by Gasteiger charge is 2.20. The van der Waals surface area contributed by atoms with Gasteiger partial charge in [-0.3, -0.25) is 4.79 Å². The van der Waals surface area contributed by atoms with Gasteiger partial charge in [0, 0.05) is 20.0 Å². The van der Waals surface area contributed by atoms with Crippen molar-refractivity contribution in [3.63, 3.8) is 0 Å². The van der Waals surface area contributed by atoms with Crippen molar-refractivity contribution in [2.24, 2.45) is 0 Å². The first kappa shape index (κ1) is 12.0. The van der Waals surface area contributed by atoms with Crippen LogP contribution in [-0.2, 0) is 15.4 Å². The largest absolute Gasteiger partial charge is 0.367 e. The van der Waals surface area contributed by atoms with Crippen molar-refractivity contribution in [3.05, 3.63) is 35.4 Å². The molecule has 0 spiro atoms. The number of methoxy groups -OCH3 is 1. The molecule has 0 aromatic heterocycles. The predicted octanol–water partition coefficient (Wildman–Crippen LogP) is 1.86. The average Bonchev–Trinajstić information content (AvgIpc) is 2.30. The summed E-state index contributed by atoms with van der Waals surface area (Å²) in [6, 6.07) is 7.48. The number of hydrogen-bond acceptors (Lipinski definition) is 2. The second-order valence-corrected chi connectivity index (χ2v) is 3.33. The summed E-state index contributed by atoms with van der Waals surface area (Å²) in [6.07, 6.45) is -0.593. The van der Waals surface area contributed by atoms with Gasteiger partial charge < -0.3 is 10.1 Å². The fourth-order valence-corrected chi connectivity index (χ4v) is 1.66. The number of alkyl halides is 1. The molecular formula is C11H14ClNO2. The lowest BCUT2D eigenvalue weighted by Gasteiger charge is -2.16. The first-order chi connectivity index (χ1) is 7.24. The number of rotatable bonds is 4. The molecule has 1 aromatic carbocycles. The Morgan fingerprint density at radius 2 is 2.20 bits per heavy atom. The van der Waals surface area contributed by atoms with Crippen LogP contribution >= 0.6 is 11.6 Å². The van der Waals surface area contributed by atoms with Gasteiger partial charge in [0.25, 0.3) is 5.91 Å². The van der Waals surface area contributed by atoms with Crippen LogP contribution in [0, 0.1) is 0 Å². The first-order valence-corrected chi connectivity index (χ1v) is 5.16. The Labute approximate surface area is 94.4 Å². The highest BCUT2D eigenvalue weighted by atomic mass is 35.5. The molecule has 1 rings (SSSR count). The van der Waals surface area contributed by atoms with Crippen LogP contribution in [0.2, 0.25) is 0 Å². The number of benzene rings is 1. The number of halogens is 1. The lowest BCUT2D eigenvalue weighted by Crippen LogP contribution is -2.27. The number of carbonyl (C=O) groups is 1. The van der Waals surface area contributed by atoms with E-state index in [4.69, 9.17) is 16.3 Å². The Hall–Kier alpha value is -1.06. The van der Waals surface area contributed by atoms with Gasteiger partial charge in [0.05, 0.1) is 0 Å². The Kier molecular flexibility index (Phi) is 4.59. The van der Waals surface area contributed by atoms with Gasteiger partial charge in [0.2, 0.25) is 0 Å². The molecule has 0 bridgehead atoms. The van der Waals surface area contributed by atoms with Crippen LogP contribution in [-0.4, -0.2) is 20.1 Å². The van der Waals surface area contributed by atoms with Crippen molar-refractivity contribution in [2.45, 2.75) is 12.0 Å². The molecule has 0 aliphatic rings. The maximum Gasteiger partial charge on any atom is 0.253 e. The van der Waals surface area contributed by atoms with Crippen LogP contribution in [0.15, 0.2) is 24.3 Å². The maximum absolute atomic E-state index is 11.5. The number of hydrogen-bond donors (Lipinski definition) is 1. The van der Waals surface area contributed by atoms with Crippen molar-refractivity contribution in [3.8, 4) is 0 Å². The SMILES string of the molecule is CNC(=O)C(OC)c1ccccc1CCl. The number of likely N-dealkylation sites (N-methyl/N-ethyl adjacent to an activating group) is 1. The molecule has 0 aliphatic carbocycles. The third kappa shape index (κ3) is 2.70. The molecule has 1 amide bonds. The molecule has 15 heavy (non-hydrogen) atoms. The smallest absolute Gasteiger partial charge is 0.253 e. The number of carbonyl (C=O) groups excluding carboxylic acids is 1. The number of ether oxygens (including phenoxy) is 1. The van der Waals surface area contributed by atoms with E-state index in [1.165, 1.54) is 7.11 Å². The van der Waals surface area contributed by atoms with Crippen LogP contribution in [0.1, 0.15) is 17.2 Å². The highest BCUT2D eigenvalue weighted by Crippen LogP contribution is 2.22. The van der Waals surface area contributed by atoms with Gasteiger partial charge in [-0.25, -0.2) is 0 Å². The van der Waals surface area contributed by atoms with Crippen LogP contribution in [0.25, 0.3) is 0 Å². The summed E-state index contributed by atoms with van der Waals surface area (Å²) in [5.74, 6) is 0.197. The fraction of sp³-hybridized carbons (Fsp3) is 0.364. The summed E-state index contributed by atoms with van der Waals surface area (Å²) in [7, 11) is 3.09. The topological polar surface area (TPSA) is 38.3 Å². The Balaban J connectivity index is 3.05. The van der Waals surface area contributed by atoms with Gasteiger partial charge in [-0.1, -0.05) is 24.3 Å².